The summed E-state index contributed by atoms with van der Waals surface area (Å²) in [5, 5.41) is 2.00. The molecule has 1 heterocycles. The molecule has 0 unspecified atom stereocenters. The van der Waals surface area contributed by atoms with Crippen molar-refractivity contribution in [3.63, 3.8) is 0 Å². The van der Waals surface area contributed by atoms with Crippen molar-refractivity contribution in [2.24, 2.45) is 0 Å². The van der Waals surface area contributed by atoms with E-state index in [2.05, 4.69) is 20.7 Å². The quantitative estimate of drug-likeness (QED) is 0.839. The van der Waals surface area contributed by atoms with Gasteiger partial charge in [0.1, 0.15) is 0 Å². The zero-order valence-corrected chi connectivity index (χ0v) is 15.4. The minimum absolute atomic E-state index is 0.238. The van der Waals surface area contributed by atoms with Crippen molar-refractivity contribution in [1.82, 2.24) is 4.72 Å². The van der Waals surface area contributed by atoms with Crippen LogP contribution in [0.4, 0.5) is 0 Å². The molecule has 1 aromatic carbocycles. The van der Waals surface area contributed by atoms with Gasteiger partial charge in [-0.1, -0.05) is 26.0 Å². The molecule has 0 aliphatic heterocycles. The number of benzene rings is 1. The van der Waals surface area contributed by atoms with E-state index in [1.54, 1.807) is 29.5 Å². The van der Waals surface area contributed by atoms with Crippen molar-refractivity contribution in [2.75, 3.05) is 6.54 Å². The highest BCUT2D eigenvalue weighted by Crippen LogP contribution is 2.28. The minimum atomic E-state index is -3.52. The summed E-state index contributed by atoms with van der Waals surface area (Å²) in [6, 6.07) is 9.23. The lowest BCUT2D eigenvalue weighted by molar-refractivity contribution is 0.509. The van der Waals surface area contributed by atoms with E-state index in [1.807, 2.05) is 38.3 Å². The van der Waals surface area contributed by atoms with Crippen molar-refractivity contribution < 1.29 is 8.42 Å². The summed E-state index contributed by atoms with van der Waals surface area (Å²) in [5.74, 6) is 0. The van der Waals surface area contributed by atoms with E-state index in [9.17, 15) is 8.42 Å². The lowest BCUT2D eigenvalue weighted by atomic mass is 9.92. The Hall–Kier alpha value is -0.690. The largest absolute Gasteiger partial charge is 0.241 e. The molecular weight excluding hydrogens is 370 g/mol. The fraction of sp³-hybridized carbons (Fsp3) is 0.333. The molecule has 2 aromatic rings. The number of aryl methyl sites for hydroxylation is 1. The molecule has 3 nitrogen and oxygen atoms in total. The van der Waals surface area contributed by atoms with E-state index in [0.717, 1.165) is 10.4 Å². The number of rotatable bonds is 5. The molecule has 114 valence electrons. The van der Waals surface area contributed by atoms with E-state index < -0.39 is 10.0 Å². The highest BCUT2D eigenvalue weighted by Gasteiger charge is 2.26. The summed E-state index contributed by atoms with van der Waals surface area (Å²) in [5.41, 5.74) is 0.776. The first-order chi connectivity index (χ1) is 9.72. The fourth-order valence-corrected chi connectivity index (χ4v) is 5.18. The van der Waals surface area contributed by atoms with Crippen LogP contribution in [0.1, 0.15) is 24.3 Å². The van der Waals surface area contributed by atoms with Gasteiger partial charge in [0.15, 0.2) is 0 Å². The first kappa shape index (κ1) is 16.7. The first-order valence-electron chi connectivity index (χ1n) is 6.52. The van der Waals surface area contributed by atoms with Crippen LogP contribution in [0.25, 0.3) is 0 Å². The smallest absolute Gasteiger partial charge is 0.210 e. The second-order valence-electron chi connectivity index (χ2n) is 5.62. The van der Waals surface area contributed by atoms with E-state index in [1.165, 1.54) is 0 Å². The molecule has 2 rings (SSSR count). The van der Waals surface area contributed by atoms with Crippen LogP contribution < -0.4 is 4.72 Å². The summed E-state index contributed by atoms with van der Waals surface area (Å²) in [6.07, 6.45) is 0. The SMILES string of the molecule is Cc1ccc(S(=O)(=O)NCC(C)(C)c2cccs2)c(Br)c1. The normalized spacial score (nSPS) is 12.6. The van der Waals surface area contributed by atoms with Crippen LogP contribution in [-0.2, 0) is 15.4 Å². The molecule has 0 amide bonds. The maximum absolute atomic E-state index is 12.4. The number of hydrogen-bond acceptors (Lipinski definition) is 3. The van der Waals surface area contributed by atoms with Crippen molar-refractivity contribution in [3.8, 4) is 0 Å². The lowest BCUT2D eigenvalue weighted by Gasteiger charge is -2.23. The van der Waals surface area contributed by atoms with Crippen LogP contribution in [-0.4, -0.2) is 15.0 Å². The Morgan fingerprint density at radius 1 is 1.29 bits per heavy atom. The molecule has 6 heteroatoms. The molecule has 0 aliphatic rings. The molecule has 0 bridgehead atoms. The van der Waals surface area contributed by atoms with Crippen LogP contribution in [0.15, 0.2) is 45.1 Å². The van der Waals surface area contributed by atoms with Crippen LogP contribution in [0.2, 0.25) is 0 Å². The van der Waals surface area contributed by atoms with Gasteiger partial charge in [-0.3, -0.25) is 0 Å². The summed E-state index contributed by atoms with van der Waals surface area (Å²) < 4.78 is 28.2. The average Bonchev–Trinajstić information content (AvgIpc) is 2.91. The van der Waals surface area contributed by atoms with Gasteiger partial charge in [0.2, 0.25) is 10.0 Å². The standard InChI is InChI=1S/C15H18BrNO2S2/c1-11-6-7-13(12(16)9-11)21(18,19)17-10-15(2,3)14-5-4-8-20-14/h4-9,17H,10H2,1-3H3. The maximum atomic E-state index is 12.4. The Morgan fingerprint density at radius 3 is 2.57 bits per heavy atom. The summed E-state index contributed by atoms with van der Waals surface area (Å²) in [4.78, 5) is 1.43. The van der Waals surface area contributed by atoms with Crippen molar-refractivity contribution in [3.05, 3.63) is 50.6 Å². The van der Waals surface area contributed by atoms with Gasteiger partial charge in [0.25, 0.3) is 0 Å². The maximum Gasteiger partial charge on any atom is 0.241 e. The lowest BCUT2D eigenvalue weighted by Crippen LogP contribution is -2.36. The Bertz CT molecular complexity index is 722. The third-order valence-corrected chi connectivity index (χ3v) is 6.88. The Kier molecular flexibility index (Phi) is 4.92. The van der Waals surface area contributed by atoms with Gasteiger partial charge in [-0.15, -0.1) is 11.3 Å². The summed E-state index contributed by atoms with van der Waals surface area (Å²) >= 11 is 4.96. The minimum Gasteiger partial charge on any atom is -0.210 e. The van der Waals surface area contributed by atoms with Crippen molar-refractivity contribution >= 4 is 37.3 Å². The van der Waals surface area contributed by atoms with Gasteiger partial charge in [0, 0.05) is 21.3 Å². The molecule has 0 fully saturated rings. The van der Waals surface area contributed by atoms with Crippen LogP contribution >= 0.6 is 27.3 Å². The molecule has 21 heavy (non-hydrogen) atoms. The molecule has 1 N–H and O–H groups in total. The monoisotopic (exact) mass is 387 g/mol. The van der Waals surface area contributed by atoms with Gasteiger partial charge in [-0.25, -0.2) is 13.1 Å². The molecule has 0 saturated carbocycles. The van der Waals surface area contributed by atoms with Gasteiger partial charge in [-0.2, -0.15) is 0 Å². The molecule has 0 atom stereocenters. The second-order valence-corrected chi connectivity index (χ2v) is 9.16. The number of sulfonamides is 1. The zero-order chi connectivity index (χ0) is 15.7. The summed E-state index contributed by atoms with van der Waals surface area (Å²) in [6.45, 7) is 6.35. The van der Waals surface area contributed by atoms with Crippen LogP contribution in [0.3, 0.4) is 0 Å². The Balaban J connectivity index is 2.19. The van der Waals surface area contributed by atoms with Crippen molar-refractivity contribution in [2.45, 2.75) is 31.1 Å². The topological polar surface area (TPSA) is 46.2 Å². The zero-order valence-electron chi connectivity index (χ0n) is 12.2. The van der Waals surface area contributed by atoms with Gasteiger partial charge in [-0.05, 0) is 52.0 Å². The van der Waals surface area contributed by atoms with Gasteiger partial charge < -0.3 is 0 Å². The van der Waals surface area contributed by atoms with E-state index >= 15 is 0 Å². The molecule has 0 radical (unpaired) electrons. The first-order valence-corrected chi connectivity index (χ1v) is 9.68. The highest BCUT2D eigenvalue weighted by molar-refractivity contribution is 9.10. The number of halogens is 1. The third kappa shape index (κ3) is 3.94. The van der Waals surface area contributed by atoms with Crippen LogP contribution in [0, 0.1) is 6.92 Å². The van der Waals surface area contributed by atoms with Crippen molar-refractivity contribution in [1.29, 1.82) is 0 Å². The highest BCUT2D eigenvalue weighted by atomic mass is 79.9. The second kappa shape index (κ2) is 6.20. The summed E-state index contributed by atoms with van der Waals surface area (Å²) in [7, 11) is -3.52. The average molecular weight is 388 g/mol. The number of nitrogens with one attached hydrogen (secondary N) is 1. The van der Waals surface area contributed by atoms with Crippen LogP contribution in [0.5, 0.6) is 0 Å². The Labute approximate surface area is 138 Å². The number of thiophene rings is 1. The number of hydrogen-bond donors (Lipinski definition) is 1. The molecule has 0 spiro atoms. The van der Waals surface area contributed by atoms with E-state index in [0.29, 0.717) is 11.0 Å². The van der Waals surface area contributed by atoms with Gasteiger partial charge in [0.05, 0.1) is 4.90 Å². The molecule has 0 saturated heterocycles. The molecular formula is C15H18BrNO2S2. The molecule has 0 aliphatic carbocycles. The predicted molar refractivity (Wildman–Crippen MR) is 91.4 cm³/mol. The fourth-order valence-electron chi connectivity index (χ4n) is 1.93. The van der Waals surface area contributed by atoms with E-state index in [4.69, 9.17) is 0 Å². The third-order valence-electron chi connectivity index (χ3n) is 3.27. The van der Waals surface area contributed by atoms with E-state index in [-0.39, 0.29) is 10.3 Å². The van der Waals surface area contributed by atoms with Gasteiger partial charge >= 0.3 is 0 Å². The predicted octanol–water partition coefficient (Wildman–Crippen LogP) is 4.08. The Morgan fingerprint density at radius 2 is 2.00 bits per heavy atom. The molecule has 1 aromatic heterocycles.